The summed E-state index contributed by atoms with van der Waals surface area (Å²) >= 11 is 0. The molecule has 1 amide bonds. The third-order valence-corrected chi connectivity index (χ3v) is 2.23. The van der Waals surface area contributed by atoms with E-state index in [1.54, 1.807) is 5.01 Å². The molecule has 0 saturated carbocycles. The molecule has 0 spiro atoms. The third kappa shape index (κ3) is 2.21. The average molecular weight is 169 g/mol. The largest absolute Gasteiger partial charge is 0.278 e. The van der Waals surface area contributed by atoms with Crippen molar-refractivity contribution in [3.05, 3.63) is 6.54 Å². The molecule has 0 N–H and O–H groups in total. The number of amides is 1. The first-order chi connectivity index (χ1) is 5.75. The van der Waals surface area contributed by atoms with Crippen LogP contribution in [0.25, 0.3) is 0 Å². The number of rotatable bonds is 2. The molecule has 3 nitrogen and oxygen atoms in total. The van der Waals surface area contributed by atoms with Crippen LogP contribution in [0.3, 0.4) is 0 Å². The molecule has 0 atom stereocenters. The molecule has 1 radical (unpaired) electrons. The summed E-state index contributed by atoms with van der Waals surface area (Å²) in [6, 6.07) is 0. The quantitative estimate of drug-likeness (QED) is 0.624. The molecule has 0 unspecified atom stereocenters. The van der Waals surface area contributed by atoms with Crippen LogP contribution in [0.1, 0.15) is 32.6 Å². The maximum absolute atomic E-state index is 11.3. The molecule has 1 heterocycles. The monoisotopic (exact) mass is 169 g/mol. The second-order valence-electron chi connectivity index (χ2n) is 3.11. The number of nitrogens with zero attached hydrogens (tertiary/aromatic N) is 2. The Labute approximate surface area is 74.3 Å². The van der Waals surface area contributed by atoms with Crippen LogP contribution < -0.4 is 0 Å². The van der Waals surface area contributed by atoms with Crippen molar-refractivity contribution in [2.24, 2.45) is 0 Å². The SMILES string of the molecule is CCC(=O)N(C)N1[CH]CCCC1. The fourth-order valence-corrected chi connectivity index (χ4v) is 1.39. The average Bonchev–Trinajstić information content (AvgIpc) is 2.17. The maximum Gasteiger partial charge on any atom is 0.236 e. The lowest BCUT2D eigenvalue weighted by Gasteiger charge is -2.34. The van der Waals surface area contributed by atoms with E-state index >= 15 is 0 Å². The molecule has 1 rings (SSSR count). The molecule has 1 aliphatic heterocycles. The zero-order valence-corrected chi connectivity index (χ0v) is 7.92. The Bertz CT molecular complexity index is 153. The van der Waals surface area contributed by atoms with Gasteiger partial charge in [-0.2, -0.15) is 0 Å². The summed E-state index contributed by atoms with van der Waals surface area (Å²) in [5.74, 6) is 0.188. The molecular weight excluding hydrogens is 152 g/mol. The highest BCUT2D eigenvalue weighted by molar-refractivity contribution is 5.75. The van der Waals surface area contributed by atoms with Crippen molar-refractivity contribution in [1.29, 1.82) is 0 Å². The summed E-state index contributed by atoms with van der Waals surface area (Å²) in [7, 11) is 1.84. The molecule has 1 fully saturated rings. The van der Waals surface area contributed by atoms with Crippen LogP contribution in [0.4, 0.5) is 0 Å². The van der Waals surface area contributed by atoms with Crippen molar-refractivity contribution in [3.8, 4) is 0 Å². The van der Waals surface area contributed by atoms with Crippen molar-refractivity contribution in [3.63, 3.8) is 0 Å². The van der Waals surface area contributed by atoms with Crippen molar-refractivity contribution in [2.45, 2.75) is 32.6 Å². The van der Waals surface area contributed by atoms with Gasteiger partial charge in [0.05, 0.1) is 0 Å². The molecular formula is C9H17N2O. The lowest BCUT2D eigenvalue weighted by molar-refractivity contribution is -0.143. The number of carbonyl (C=O) groups excluding carboxylic acids is 1. The minimum atomic E-state index is 0.188. The Morgan fingerprint density at radius 2 is 2.33 bits per heavy atom. The first-order valence-corrected chi connectivity index (χ1v) is 4.62. The van der Waals surface area contributed by atoms with Crippen LogP contribution in [0.2, 0.25) is 0 Å². The summed E-state index contributed by atoms with van der Waals surface area (Å²) in [6.07, 6.45) is 4.13. The zero-order chi connectivity index (χ0) is 8.97. The Balaban J connectivity index is 2.39. The molecule has 0 aromatic rings. The van der Waals surface area contributed by atoms with E-state index in [0.717, 1.165) is 13.0 Å². The van der Waals surface area contributed by atoms with Gasteiger partial charge in [0.2, 0.25) is 5.91 Å². The highest BCUT2D eigenvalue weighted by atomic mass is 16.2. The van der Waals surface area contributed by atoms with Gasteiger partial charge < -0.3 is 0 Å². The van der Waals surface area contributed by atoms with E-state index in [1.807, 2.05) is 19.0 Å². The van der Waals surface area contributed by atoms with E-state index in [0.29, 0.717) is 6.42 Å². The van der Waals surface area contributed by atoms with Crippen LogP contribution in [0.15, 0.2) is 0 Å². The number of hydrogen-bond donors (Lipinski definition) is 0. The van der Waals surface area contributed by atoms with Crippen LogP contribution in [0.5, 0.6) is 0 Å². The fourth-order valence-electron chi connectivity index (χ4n) is 1.39. The third-order valence-electron chi connectivity index (χ3n) is 2.23. The first-order valence-electron chi connectivity index (χ1n) is 4.62. The molecule has 1 aliphatic rings. The topological polar surface area (TPSA) is 23.6 Å². The number of hydrogen-bond acceptors (Lipinski definition) is 2. The van der Waals surface area contributed by atoms with Gasteiger partial charge in [0.15, 0.2) is 0 Å². The zero-order valence-electron chi connectivity index (χ0n) is 7.92. The molecule has 0 bridgehead atoms. The molecule has 3 heteroatoms. The lowest BCUT2D eigenvalue weighted by atomic mass is 10.2. The Kier molecular flexibility index (Phi) is 3.53. The minimum Gasteiger partial charge on any atom is -0.278 e. The van der Waals surface area contributed by atoms with Gasteiger partial charge >= 0.3 is 0 Å². The number of carbonyl (C=O) groups is 1. The van der Waals surface area contributed by atoms with Crippen LogP contribution in [-0.2, 0) is 4.79 Å². The normalized spacial score (nSPS) is 19.2. The molecule has 1 saturated heterocycles. The predicted octanol–water partition coefficient (Wildman–Crippen LogP) is 1.42. The Hall–Kier alpha value is -0.570. The van der Waals surface area contributed by atoms with E-state index in [-0.39, 0.29) is 5.91 Å². The van der Waals surface area contributed by atoms with Gasteiger partial charge in [-0.25, -0.2) is 5.01 Å². The van der Waals surface area contributed by atoms with Gasteiger partial charge in [-0.1, -0.05) is 13.3 Å². The van der Waals surface area contributed by atoms with Crippen LogP contribution >= 0.6 is 0 Å². The highest BCUT2D eigenvalue weighted by Crippen LogP contribution is 2.14. The molecule has 69 valence electrons. The smallest absolute Gasteiger partial charge is 0.236 e. The van der Waals surface area contributed by atoms with E-state index < -0.39 is 0 Å². The number of piperidine rings is 1. The van der Waals surface area contributed by atoms with Gasteiger partial charge in [0, 0.05) is 26.6 Å². The Morgan fingerprint density at radius 3 is 2.83 bits per heavy atom. The minimum absolute atomic E-state index is 0.188. The second kappa shape index (κ2) is 4.45. The number of hydrazine groups is 1. The van der Waals surface area contributed by atoms with Gasteiger partial charge in [0.1, 0.15) is 0 Å². The van der Waals surface area contributed by atoms with Gasteiger partial charge in [0.25, 0.3) is 0 Å². The standard InChI is InChI=1S/C9H17N2O/c1-3-9(12)10(2)11-7-5-4-6-8-11/h7H,3-6,8H2,1-2H3. The predicted molar refractivity (Wildman–Crippen MR) is 47.9 cm³/mol. The lowest BCUT2D eigenvalue weighted by Crippen LogP contribution is -2.43. The second-order valence-corrected chi connectivity index (χ2v) is 3.11. The molecule has 0 aliphatic carbocycles. The molecule has 0 aromatic heterocycles. The van der Waals surface area contributed by atoms with Gasteiger partial charge in [-0.3, -0.25) is 9.80 Å². The van der Waals surface area contributed by atoms with Gasteiger partial charge in [-0.15, -0.1) is 0 Å². The van der Waals surface area contributed by atoms with E-state index in [1.165, 1.54) is 12.8 Å². The van der Waals surface area contributed by atoms with Crippen molar-refractivity contribution in [2.75, 3.05) is 13.6 Å². The summed E-state index contributed by atoms with van der Waals surface area (Å²) in [6.45, 7) is 4.99. The summed E-state index contributed by atoms with van der Waals surface area (Å²) in [5, 5.41) is 3.74. The van der Waals surface area contributed by atoms with Crippen molar-refractivity contribution < 1.29 is 4.79 Å². The van der Waals surface area contributed by atoms with E-state index in [2.05, 4.69) is 6.54 Å². The van der Waals surface area contributed by atoms with Crippen LogP contribution in [-0.4, -0.2) is 29.5 Å². The summed E-state index contributed by atoms with van der Waals surface area (Å²) in [4.78, 5) is 11.3. The van der Waals surface area contributed by atoms with Crippen molar-refractivity contribution >= 4 is 5.91 Å². The molecule has 12 heavy (non-hydrogen) atoms. The van der Waals surface area contributed by atoms with Crippen LogP contribution in [0, 0.1) is 6.54 Å². The first kappa shape index (κ1) is 9.52. The highest BCUT2D eigenvalue weighted by Gasteiger charge is 2.17. The summed E-state index contributed by atoms with van der Waals surface area (Å²) < 4.78 is 0. The maximum atomic E-state index is 11.3. The van der Waals surface area contributed by atoms with E-state index in [9.17, 15) is 4.79 Å². The summed E-state index contributed by atoms with van der Waals surface area (Å²) in [5.41, 5.74) is 0. The fraction of sp³-hybridized carbons (Fsp3) is 0.778. The molecule has 0 aromatic carbocycles. The van der Waals surface area contributed by atoms with E-state index in [4.69, 9.17) is 0 Å². The Morgan fingerprint density at radius 1 is 1.58 bits per heavy atom. The van der Waals surface area contributed by atoms with Gasteiger partial charge in [-0.05, 0) is 12.8 Å². The van der Waals surface area contributed by atoms with Crippen molar-refractivity contribution in [1.82, 2.24) is 10.0 Å².